The number of pyridine rings is 1. The molecule has 1 aromatic carbocycles. The van der Waals surface area contributed by atoms with Gasteiger partial charge in [-0.3, -0.25) is 14.4 Å². The number of hydrogen-bond donors (Lipinski definition) is 1. The number of likely N-dealkylation sites (tertiary alicyclic amines) is 1. The van der Waals surface area contributed by atoms with Crippen LogP contribution in [0.25, 0.3) is 0 Å². The Balaban J connectivity index is 1.55. The first kappa shape index (κ1) is 20.4. The SMILES string of the molecule is Cc1cccc(NC(=O)CN2C(=O)[C@@H](C(=O)N3CCCCC3)Sc3ccccc32)n1. The van der Waals surface area contributed by atoms with Gasteiger partial charge in [-0.05, 0) is 50.5 Å². The lowest BCUT2D eigenvalue weighted by Gasteiger charge is -2.36. The molecule has 0 bridgehead atoms. The molecule has 0 radical (unpaired) electrons. The molecule has 2 aliphatic heterocycles. The minimum atomic E-state index is -0.858. The monoisotopic (exact) mass is 424 g/mol. The molecule has 30 heavy (non-hydrogen) atoms. The van der Waals surface area contributed by atoms with Gasteiger partial charge in [-0.25, -0.2) is 4.98 Å². The van der Waals surface area contributed by atoms with Crippen LogP contribution in [0.1, 0.15) is 25.0 Å². The van der Waals surface area contributed by atoms with E-state index in [1.54, 1.807) is 17.0 Å². The summed E-state index contributed by atoms with van der Waals surface area (Å²) in [5.74, 6) is -0.424. The topological polar surface area (TPSA) is 82.6 Å². The van der Waals surface area contributed by atoms with Crippen LogP contribution in [0, 0.1) is 6.92 Å². The fourth-order valence-corrected chi connectivity index (χ4v) is 4.94. The number of aromatic nitrogens is 1. The number of thioether (sulfide) groups is 1. The summed E-state index contributed by atoms with van der Waals surface area (Å²) in [5.41, 5.74) is 1.44. The number of nitrogens with zero attached hydrogens (tertiary/aromatic N) is 3. The van der Waals surface area contributed by atoms with Crippen molar-refractivity contribution in [1.82, 2.24) is 9.88 Å². The van der Waals surface area contributed by atoms with E-state index in [-0.39, 0.29) is 24.3 Å². The first-order valence-electron chi connectivity index (χ1n) is 10.1. The summed E-state index contributed by atoms with van der Waals surface area (Å²) in [7, 11) is 0. The van der Waals surface area contributed by atoms with Crippen LogP contribution in [0.5, 0.6) is 0 Å². The minimum absolute atomic E-state index is 0.162. The lowest BCUT2D eigenvalue weighted by molar-refractivity contribution is -0.135. The molecule has 0 aliphatic carbocycles. The van der Waals surface area contributed by atoms with Crippen molar-refractivity contribution in [2.75, 3.05) is 29.9 Å². The van der Waals surface area contributed by atoms with E-state index in [1.165, 1.54) is 16.7 Å². The number of anilines is 2. The standard InChI is InChI=1S/C22H24N4O3S/c1-15-8-7-11-18(23-15)24-19(27)14-26-16-9-3-4-10-17(16)30-20(22(26)29)21(28)25-12-5-2-6-13-25/h3-4,7-11,20H,2,5-6,12-14H2,1H3,(H,23,24,27)/t20-/m1/s1. The number of benzene rings is 1. The summed E-state index contributed by atoms with van der Waals surface area (Å²) < 4.78 is 0. The van der Waals surface area contributed by atoms with Gasteiger partial charge in [0.15, 0.2) is 5.25 Å². The molecule has 3 amide bonds. The number of aryl methyl sites for hydroxylation is 1. The van der Waals surface area contributed by atoms with Crippen LogP contribution in [0.2, 0.25) is 0 Å². The molecule has 7 nitrogen and oxygen atoms in total. The van der Waals surface area contributed by atoms with E-state index in [0.29, 0.717) is 24.6 Å². The normalized spacial score (nSPS) is 18.7. The second-order valence-electron chi connectivity index (χ2n) is 7.49. The Labute approximate surface area is 179 Å². The summed E-state index contributed by atoms with van der Waals surface area (Å²) in [6.07, 6.45) is 3.03. The van der Waals surface area contributed by atoms with Gasteiger partial charge in [-0.2, -0.15) is 0 Å². The first-order chi connectivity index (χ1) is 14.5. The number of hydrogen-bond acceptors (Lipinski definition) is 5. The van der Waals surface area contributed by atoms with Crippen LogP contribution >= 0.6 is 11.8 Å². The lowest BCUT2D eigenvalue weighted by Crippen LogP contribution is -2.52. The van der Waals surface area contributed by atoms with Gasteiger partial charge in [-0.1, -0.05) is 18.2 Å². The van der Waals surface area contributed by atoms with Gasteiger partial charge >= 0.3 is 0 Å². The Hall–Kier alpha value is -2.87. The highest BCUT2D eigenvalue weighted by atomic mass is 32.2. The maximum Gasteiger partial charge on any atom is 0.250 e. The van der Waals surface area contributed by atoms with Crippen LogP contribution in [0.4, 0.5) is 11.5 Å². The molecule has 156 valence electrons. The molecule has 1 saturated heterocycles. The molecule has 0 spiro atoms. The summed E-state index contributed by atoms with van der Waals surface area (Å²) in [6.45, 7) is 3.04. The highest BCUT2D eigenvalue weighted by molar-refractivity contribution is 8.01. The van der Waals surface area contributed by atoms with E-state index < -0.39 is 5.25 Å². The van der Waals surface area contributed by atoms with E-state index in [4.69, 9.17) is 0 Å². The van der Waals surface area contributed by atoms with Gasteiger partial charge in [0.25, 0.3) is 5.91 Å². The quantitative estimate of drug-likeness (QED) is 0.763. The van der Waals surface area contributed by atoms with Crippen LogP contribution in [-0.4, -0.2) is 52.5 Å². The number of nitrogens with one attached hydrogen (secondary N) is 1. The van der Waals surface area contributed by atoms with Gasteiger partial charge in [0.05, 0.1) is 5.69 Å². The smallest absolute Gasteiger partial charge is 0.250 e. The molecule has 3 heterocycles. The molecule has 4 rings (SSSR count). The second kappa shape index (κ2) is 8.87. The summed E-state index contributed by atoms with van der Waals surface area (Å²) in [5, 5.41) is 1.88. The Morgan fingerprint density at radius 1 is 1.10 bits per heavy atom. The van der Waals surface area contributed by atoms with Crippen molar-refractivity contribution >= 4 is 41.0 Å². The zero-order valence-electron chi connectivity index (χ0n) is 16.8. The summed E-state index contributed by atoms with van der Waals surface area (Å²) in [4.78, 5) is 47.3. The molecule has 1 fully saturated rings. The van der Waals surface area contributed by atoms with Crippen molar-refractivity contribution in [3.8, 4) is 0 Å². The predicted molar refractivity (Wildman–Crippen MR) is 116 cm³/mol. The fraction of sp³-hybridized carbons (Fsp3) is 0.364. The van der Waals surface area contributed by atoms with Crippen molar-refractivity contribution in [3.05, 3.63) is 48.2 Å². The average molecular weight is 425 g/mol. The Kier molecular flexibility index (Phi) is 6.03. The Morgan fingerprint density at radius 2 is 1.87 bits per heavy atom. The predicted octanol–water partition coefficient (Wildman–Crippen LogP) is 2.85. The van der Waals surface area contributed by atoms with Gasteiger partial charge in [0.1, 0.15) is 12.4 Å². The Morgan fingerprint density at radius 3 is 2.63 bits per heavy atom. The molecule has 2 aromatic rings. The number of fused-ring (bicyclic) bond motifs is 1. The number of carbonyl (C=O) groups is 3. The van der Waals surface area contributed by atoms with Crippen molar-refractivity contribution in [2.24, 2.45) is 0 Å². The average Bonchev–Trinajstić information content (AvgIpc) is 2.75. The Bertz CT molecular complexity index is 974. The molecule has 8 heteroatoms. The zero-order chi connectivity index (χ0) is 21.1. The maximum absolute atomic E-state index is 13.3. The van der Waals surface area contributed by atoms with E-state index in [1.807, 2.05) is 37.3 Å². The number of carbonyl (C=O) groups excluding carboxylic acids is 3. The highest BCUT2D eigenvalue weighted by Crippen LogP contribution is 2.39. The van der Waals surface area contributed by atoms with Crippen molar-refractivity contribution < 1.29 is 14.4 Å². The molecular weight excluding hydrogens is 400 g/mol. The van der Waals surface area contributed by atoms with Crippen molar-refractivity contribution in [1.29, 1.82) is 0 Å². The number of para-hydroxylation sites is 1. The third-order valence-electron chi connectivity index (χ3n) is 5.24. The summed E-state index contributed by atoms with van der Waals surface area (Å²) in [6, 6.07) is 12.7. The van der Waals surface area contributed by atoms with E-state index in [0.717, 1.165) is 29.9 Å². The number of amides is 3. The van der Waals surface area contributed by atoms with E-state index in [2.05, 4.69) is 10.3 Å². The van der Waals surface area contributed by atoms with Crippen molar-refractivity contribution in [2.45, 2.75) is 36.3 Å². The van der Waals surface area contributed by atoms with E-state index >= 15 is 0 Å². The van der Waals surface area contributed by atoms with Crippen molar-refractivity contribution in [3.63, 3.8) is 0 Å². The van der Waals surface area contributed by atoms with E-state index in [9.17, 15) is 14.4 Å². The molecule has 1 N–H and O–H groups in total. The largest absolute Gasteiger partial charge is 0.341 e. The second-order valence-corrected chi connectivity index (χ2v) is 8.64. The molecular formula is C22H24N4O3S. The minimum Gasteiger partial charge on any atom is -0.341 e. The molecule has 2 aliphatic rings. The molecule has 1 atom stereocenters. The summed E-state index contributed by atoms with van der Waals surface area (Å²) >= 11 is 1.28. The number of piperidine rings is 1. The third-order valence-corrected chi connectivity index (χ3v) is 6.48. The van der Waals surface area contributed by atoms with Crippen LogP contribution in [0.15, 0.2) is 47.4 Å². The van der Waals surface area contributed by atoms with Crippen LogP contribution < -0.4 is 10.2 Å². The van der Waals surface area contributed by atoms with Crippen LogP contribution in [-0.2, 0) is 14.4 Å². The molecule has 0 unspecified atom stereocenters. The van der Waals surface area contributed by atoms with Gasteiger partial charge in [0, 0.05) is 23.7 Å². The highest BCUT2D eigenvalue weighted by Gasteiger charge is 2.40. The van der Waals surface area contributed by atoms with Gasteiger partial charge in [0.2, 0.25) is 11.8 Å². The van der Waals surface area contributed by atoms with Gasteiger partial charge in [-0.15, -0.1) is 11.8 Å². The zero-order valence-corrected chi connectivity index (χ0v) is 17.7. The maximum atomic E-state index is 13.3. The lowest BCUT2D eigenvalue weighted by atomic mass is 10.1. The fourth-order valence-electron chi connectivity index (χ4n) is 3.76. The molecule has 0 saturated carbocycles. The van der Waals surface area contributed by atoms with Crippen LogP contribution in [0.3, 0.4) is 0 Å². The number of rotatable bonds is 4. The van der Waals surface area contributed by atoms with Gasteiger partial charge < -0.3 is 15.1 Å². The first-order valence-corrected chi connectivity index (χ1v) is 11.0. The molecule has 1 aromatic heterocycles. The third kappa shape index (κ3) is 4.33.